The summed E-state index contributed by atoms with van der Waals surface area (Å²) >= 11 is 0. The molecule has 0 spiro atoms. The summed E-state index contributed by atoms with van der Waals surface area (Å²) in [6, 6.07) is 11.1. The van der Waals surface area contributed by atoms with Crippen molar-refractivity contribution >= 4 is 0 Å². The van der Waals surface area contributed by atoms with Gasteiger partial charge in [-0.25, -0.2) is 4.39 Å². The highest BCUT2D eigenvalue weighted by molar-refractivity contribution is 5.34. The van der Waals surface area contributed by atoms with Crippen molar-refractivity contribution in [1.82, 2.24) is 5.43 Å². The number of halogens is 1. The van der Waals surface area contributed by atoms with Gasteiger partial charge in [-0.05, 0) is 67.1 Å². The minimum Gasteiger partial charge on any atom is -0.271 e. The molecule has 0 aliphatic carbocycles. The average Bonchev–Trinajstić information content (AvgIpc) is 2.43. The quantitative estimate of drug-likeness (QED) is 0.660. The van der Waals surface area contributed by atoms with Crippen LogP contribution in [0.2, 0.25) is 0 Å². The summed E-state index contributed by atoms with van der Waals surface area (Å²) in [5.41, 5.74) is 8.47. The van der Waals surface area contributed by atoms with Gasteiger partial charge in [0.2, 0.25) is 0 Å². The molecule has 106 valence electrons. The fraction of sp³-hybridized carbons (Fsp3) is 0.294. The van der Waals surface area contributed by atoms with Crippen molar-refractivity contribution in [3.05, 3.63) is 70.0 Å². The van der Waals surface area contributed by atoms with Crippen LogP contribution in [0.1, 0.15) is 33.9 Å². The average molecular weight is 272 g/mol. The first-order chi connectivity index (χ1) is 9.51. The van der Waals surface area contributed by atoms with Gasteiger partial charge < -0.3 is 0 Å². The van der Waals surface area contributed by atoms with E-state index in [1.165, 1.54) is 22.8 Å². The molecule has 2 rings (SSSR count). The third-order valence-electron chi connectivity index (χ3n) is 3.83. The number of hydrazine groups is 1. The molecule has 2 aromatic carbocycles. The van der Waals surface area contributed by atoms with Crippen molar-refractivity contribution in [2.24, 2.45) is 5.84 Å². The van der Waals surface area contributed by atoms with Gasteiger partial charge in [0.1, 0.15) is 5.82 Å². The van der Waals surface area contributed by atoms with Crippen LogP contribution in [0.5, 0.6) is 0 Å². The predicted octanol–water partition coefficient (Wildman–Crippen LogP) is 3.50. The van der Waals surface area contributed by atoms with Crippen LogP contribution in [0.4, 0.5) is 4.39 Å². The summed E-state index contributed by atoms with van der Waals surface area (Å²) in [5.74, 6) is 5.44. The first-order valence-electron chi connectivity index (χ1n) is 6.79. The number of hydrogen-bond donors (Lipinski definition) is 2. The molecule has 2 nitrogen and oxygen atoms in total. The van der Waals surface area contributed by atoms with Gasteiger partial charge in [-0.2, -0.15) is 0 Å². The summed E-state index contributed by atoms with van der Waals surface area (Å²) in [4.78, 5) is 0. The lowest BCUT2D eigenvalue weighted by molar-refractivity contribution is 0.541. The minimum absolute atomic E-state index is 0.0900. The number of aryl methyl sites for hydroxylation is 3. The van der Waals surface area contributed by atoms with E-state index >= 15 is 0 Å². The molecule has 0 amide bonds. The van der Waals surface area contributed by atoms with Crippen molar-refractivity contribution in [3.63, 3.8) is 0 Å². The lowest BCUT2D eigenvalue weighted by Crippen LogP contribution is -2.30. The molecular formula is C17H21FN2. The van der Waals surface area contributed by atoms with E-state index in [9.17, 15) is 4.39 Å². The molecule has 3 N–H and O–H groups in total. The zero-order valence-corrected chi connectivity index (χ0v) is 12.2. The maximum absolute atomic E-state index is 13.4. The number of hydrogen-bond acceptors (Lipinski definition) is 2. The topological polar surface area (TPSA) is 38.0 Å². The van der Waals surface area contributed by atoms with E-state index in [0.29, 0.717) is 0 Å². The zero-order valence-electron chi connectivity index (χ0n) is 12.2. The summed E-state index contributed by atoms with van der Waals surface area (Å²) < 4.78 is 13.4. The van der Waals surface area contributed by atoms with Crippen molar-refractivity contribution in [1.29, 1.82) is 0 Å². The Morgan fingerprint density at radius 1 is 1.00 bits per heavy atom. The second-order valence-electron chi connectivity index (χ2n) is 5.34. The van der Waals surface area contributed by atoms with Gasteiger partial charge in [-0.15, -0.1) is 0 Å². The number of nitrogens with one attached hydrogen (secondary N) is 1. The first-order valence-corrected chi connectivity index (χ1v) is 6.79. The Morgan fingerprint density at radius 2 is 1.70 bits per heavy atom. The van der Waals surface area contributed by atoms with Gasteiger partial charge in [0, 0.05) is 0 Å². The highest BCUT2D eigenvalue weighted by Crippen LogP contribution is 2.23. The molecular weight excluding hydrogens is 251 g/mol. The van der Waals surface area contributed by atoms with Crippen LogP contribution in [0.25, 0.3) is 0 Å². The number of nitrogens with two attached hydrogens (primary N) is 1. The van der Waals surface area contributed by atoms with E-state index in [1.807, 2.05) is 6.92 Å². The normalized spacial score (nSPS) is 12.4. The van der Waals surface area contributed by atoms with E-state index in [2.05, 4.69) is 37.5 Å². The van der Waals surface area contributed by atoms with Crippen LogP contribution in [0.15, 0.2) is 36.4 Å². The van der Waals surface area contributed by atoms with Crippen LogP contribution < -0.4 is 11.3 Å². The Hall–Kier alpha value is -1.71. The molecule has 0 aliphatic rings. The number of rotatable bonds is 4. The summed E-state index contributed by atoms with van der Waals surface area (Å²) in [6.45, 7) is 6.16. The van der Waals surface area contributed by atoms with Crippen LogP contribution in [-0.4, -0.2) is 0 Å². The fourth-order valence-corrected chi connectivity index (χ4v) is 2.41. The van der Waals surface area contributed by atoms with Crippen molar-refractivity contribution < 1.29 is 4.39 Å². The van der Waals surface area contributed by atoms with Crippen molar-refractivity contribution in [2.75, 3.05) is 0 Å². The predicted molar refractivity (Wildman–Crippen MR) is 80.8 cm³/mol. The SMILES string of the molecule is Cc1ccc(CC(NN)c2cc(F)ccc2C)cc1C. The molecule has 2 aromatic rings. The molecule has 0 saturated carbocycles. The Kier molecular flexibility index (Phi) is 4.53. The molecule has 0 heterocycles. The highest BCUT2D eigenvalue weighted by Gasteiger charge is 2.14. The highest BCUT2D eigenvalue weighted by atomic mass is 19.1. The molecule has 0 radical (unpaired) electrons. The van der Waals surface area contributed by atoms with Crippen LogP contribution in [0, 0.1) is 26.6 Å². The Bertz CT molecular complexity index is 608. The lowest BCUT2D eigenvalue weighted by Gasteiger charge is -2.19. The van der Waals surface area contributed by atoms with Crippen LogP contribution in [-0.2, 0) is 6.42 Å². The molecule has 1 atom stereocenters. The number of benzene rings is 2. The Balaban J connectivity index is 2.28. The van der Waals surface area contributed by atoms with Gasteiger partial charge in [-0.1, -0.05) is 24.3 Å². The molecule has 0 saturated heterocycles. The molecule has 1 unspecified atom stereocenters. The van der Waals surface area contributed by atoms with E-state index < -0.39 is 0 Å². The molecule has 0 aromatic heterocycles. The summed E-state index contributed by atoms with van der Waals surface area (Å²) in [5, 5.41) is 0. The van der Waals surface area contributed by atoms with Crippen LogP contribution in [0.3, 0.4) is 0 Å². The molecule has 3 heteroatoms. The van der Waals surface area contributed by atoms with Gasteiger partial charge in [0.05, 0.1) is 6.04 Å². The van der Waals surface area contributed by atoms with Gasteiger partial charge in [-0.3, -0.25) is 11.3 Å². The van der Waals surface area contributed by atoms with Gasteiger partial charge in [0.25, 0.3) is 0 Å². The maximum Gasteiger partial charge on any atom is 0.123 e. The zero-order chi connectivity index (χ0) is 14.7. The van der Waals surface area contributed by atoms with E-state index in [0.717, 1.165) is 17.5 Å². The minimum atomic E-state index is -0.231. The Morgan fingerprint density at radius 3 is 2.35 bits per heavy atom. The lowest BCUT2D eigenvalue weighted by atomic mass is 9.94. The van der Waals surface area contributed by atoms with Crippen molar-refractivity contribution in [3.8, 4) is 0 Å². The Labute approximate surface area is 119 Å². The van der Waals surface area contributed by atoms with E-state index in [-0.39, 0.29) is 11.9 Å². The molecule has 0 aliphatic heterocycles. The fourth-order valence-electron chi connectivity index (χ4n) is 2.41. The summed E-state index contributed by atoms with van der Waals surface area (Å²) in [6.07, 6.45) is 0.738. The van der Waals surface area contributed by atoms with Gasteiger partial charge in [0.15, 0.2) is 0 Å². The van der Waals surface area contributed by atoms with Crippen LogP contribution >= 0.6 is 0 Å². The van der Waals surface area contributed by atoms with E-state index in [1.54, 1.807) is 12.1 Å². The second kappa shape index (κ2) is 6.16. The summed E-state index contributed by atoms with van der Waals surface area (Å²) in [7, 11) is 0. The monoisotopic (exact) mass is 272 g/mol. The molecule has 0 bridgehead atoms. The van der Waals surface area contributed by atoms with E-state index in [4.69, 9.17) is 5.84 Å². The second-order valence-corrected chi connectivity index (χ2v) is 5.34. The smallest absolute Gasteiger partial charge is 0.123 e. The van der Waals surface area contributed by atoms with Crippen molar-refractivity contribution in [2.45, 2.75) is 33.2 Å². The maximum atomic E-state index is 13.4. The largest absolute Gasteiger partial charge is 0.271 e. The third-order valence-corrected chi connectivity index (χ3v) is 3.83. The standard InChI is InChI=1S/C17H21FN2/c1-11-4-6-14(8-13(11)3)9-17(20-19)16-10-15(18)7-5-12(16)2/h4-8,10,17,20H,9,19H2,1-3H3. The van der Waals surface area contributed by atoms with Gasteiger partial charge >= 0.3 is 0 Å². The molecule has 20 heavy (non-hydrogen) atoms. The molecule has 0 fully saturated rings. The first kappa shape index (κ1) is 14.7. The third kappa shape index (κ3) is 3.24.